The molecule has 1 aromatic carbocycles. The van der Waals surface area contributed by atoms with Crippen LogP contribution in [0.1, 0.15) is 18.5 Å². The third-order valence-corrected chi connectivity index (χ3v) is 4.01. The largest absolute Gasteiger partial charge is 0.496 e. The second kappa shape index (κ2) is 6.91. The summed E-state index contributed by atoms with van der Waals surface area (Å²) < 4.78 is 6.05. The minimum absolute atomic E-state index is 0.0122. The summed E-state index contributed by atoms with van der Waals surface area (Å²) in [7, 11) is 1.61. The van der Waals surface area contributed by atoms with E-state index in [0.29, 0.717) is 13.1 Å². The van der Waals surface area contributed by atoms with Gasteiger partial charge in [0, 0.05) is 19.1 Å². The van der Waals surface area contributed by atoms with E-state index in [4.69, 9.17) is 4.74 Å². The smallest absolute Gasteiger partial charge is 0.324 e. The van der Waals surface area contributed by atoms with E-state index in [1.165, 1.54) is 4.90 Å². The summed E-state index contributed by atoms with van der Waals surface area (Å²) in [4.78, 5) is 24.5. The molecule has 1 aromatic rings. The van der Waals surface area contributed by atoms with E-state index in [2.05, 4.69) is 26.6 Å². The summed E-state index contributed by atoms with van der Waals surface area (Å²) in [6, 6.07) is 5.43. The Morgan fingerprint density at radius 1 is 1.57 bits per heavy atom. The zero-order valence-corrected chi connectivity index (χ0v) is 13.6. The Kier molecular flexibility index (Phi) is 5.19. The van der Waals surface area contributed by atoms with E-state index in [-0.39, 0.29) is 24.5 Å². The number of hydrogen-bond acceptors (Lipinski definition) is 4. The zero-order valence-electron chi connectivity index (χ0n) is 12.0. The summed E-state index contributed by atoms with van der Waals surface area (Å²) in [5, 5.41) is 5.74. The van der Waals surface area contributed by atoms with Gasteiger partial charge < -0.3 is 15.4 Å². The topological polar surface area (TPSA) is 70.7 Å². The van der Waals surface area contributed by atoms with E-state index >= 15 is 0 Å². The molecule has 1 aliphatic rings. The summed E-state index contributed by atoms with van der Waals surface area (Å²) in [6.45, 7) is 3.04. The van der Waals surface area contributed by atoms with Gasteiger partial charge in [0.05, 0.1) is 18.1 Å². The first-order valence-electron chi connectivity index (χ1n) is 6.68. The minimum Gasteiger partial charge on any atom is -0.496 e. The summed E-state index contributed by atoms with van der Waals surface area (Å²) >= 11 is 3.44. The fourth-order valence-corrected chi connectivity index (χ4v) is 2.67. The Labute approximate surface area is 132 Å². The van der Waals surface area contributed by atoms with Crippen molar-refractivity contribution in [3.63, 3.8) is 0 Å². The number of nitrogens with one attached hydrogen (secondary N) is 2. The normalized spacial score (nSPS) is 15.8. The van der Waals surface area contributed by atoms with E-state index in [1.807, 2.05) is 25.1 Å². The molecule has 1 saturated heterocycles. The van der Waals surface area contributed by atoms with Crippen LogP contribution in [0.15, 0.2) is 22.7 Å². The van der Waals surface area contributed by atoms with Gasteiger partial charge in [-0.05, 0) is 40.5 Å². The number of benzene rings is 1. The molecule has 0 unspecified atom stereocenters. The Morgan fingerprint density at radius 3 is 2.90 bits per heavy atom. The highest BCUT2D eigenvalue weighted by atomic mass is 79.9. The number of hydrogen-bond donors (Lipinski definition) is 2. The highest BCUT2D eigenvalue weighted by Crippen LogP contribution is 2.27. The lowest BCUT2D eigenvalue weighted by Gasteiger charge is -2.17. The molecule has 0 bridgehead atoms. The van der Waals surface area contributed by atoms with Crippen molar-refractivity contribution in [2.45, 2.75) is 13.0 Å². The van der Waals surface area contributed by atoms with Crippen molar-refractivity contribution in [2.75, 3.05) is 26.7 Å². The molecule has 2 N–H and O–H groups in total. The third kappa shape index (κ3) is 3.74. The van der Waals surface area contributed by atoms with Crippen molar-refractivity contribution in [2.24, 2.45) is 0 Å². The van der Waals surface area contributed by atoms with Crippen molar-refractivity contribution in [3.8, 4) is 5.75 Å². The van der Waals surface area contributed by atoms with Crippen molar-refractivity contribution in [3.05, 3.63) is 28.2 Å². The van der Waals surface area contributed by atoms with Crippen LogP contribution >= 0.6 is 15.9 Å². The molecule has 0 spiro atoms. The summed E-state index contributed by atoms with van der Waals surface area (Å²) in [6.07, 6.45) is 0. The van der Waals surface area contributed by atoms with E-state index < -0.39 is 0 Å². The summed E-state index contributed by atoms with van der Waals surface area (Å²) in [5.74, 6) is 0.542. The lowest BCUT2D eigenvalue weighted by Crippen LogP contribution is -2.40. The maximum Gasteiger partial charge on any atom is 0.324 e. The second-order valence-electron chi connectivity index (χ2n) is 4.77. The molecule has 0 aromatic heterocycles. The van der Waals surface area contributed by atoms with Crippen LogP contribution in [0.25, 0.3) is 0 Å². The lowest BCUT2D eigenvalue weighted by atomic mass is 10.1. The SMILES string of the molecule is COc1ccc([C@H](C)NCC(=O)N2CCNC2=O)cc1Br. The number of rotatable bonds is 5. The van der Waals surface area contributed by atoms with E-state index in [1.54, 1.807) is 7.11 Å². The van der Waals surface area contributed by atoms with Crippen LogP contribution in [-0.4, -0.2) is 43.6 Å². The Morgan fingerprint density at radius 2 is 2.33 bits per heavy atom. The monoisotopic (exact) mass is 355 g/mol. The molecule has 114 valence electrons. The number of amides is 3. The van der Waals surface area contributed by atoms with Crippen LogP contribution in [0, 0.1) is 0 Å². The first-order valence-corrected chi connectivity index (χ1v) is 7.47. The lowest BCUT2D eigenvalue weighted by molar-refractivity contribution is -0.126. The number of urea groups is 1. The first kappa shape index (κ1) is 15.8. The predicted molar refractivity (Wildman–Crippen MR) is 82.2 cm³/mol. The molecular weight excluding hydrogens is 338 g/mol. The van der Waals surface area contributed by atoms with Crippen molar-refractivity contribution < 1.29 is 14.3 Å². The maximum atomic E-state index is 11.9. The molecule has 1 fully saturated rings. The first-order chi connectivity index (χ1) is 10.0. The predicted octanol–water partition coefficient (Wildman–Crippen LogP) is 1.66. The number of halogens is 1. The highest BCUT2D eigenvalue weighted by molar-refractivity contribution is 9.10. The molecule has 0 radical (unpaired) electrons. The van der Waals surface area contributed by atoms with E-state index in [0.717, 1.165) is 15.8 Å². The van der Waals surface area contributed by atoms with Gasteiger partial charge in [-0.15, -0.1) is 0 Å². The fraction of sp³-hybridized carbons (Fsp3) is 0.429. The van der Waals surface area contributed by atoms with Gasteiger partial charge in [0.25, 0.3) is 0 Å². The van der Waals surface area contributed by atoms with Crippen LogP contribution in [0.5, 0.6) is 5.75 Å². The van der Waals surface area contributed by atoms with E-state index in [9.17, 15) is 9.59 Å². The van der Waals surface area contributed by atoms with Crippen molar-refractivity contribution in [1.29, 1.82) is 0 Å². The minimum atomic E-state index is -0.318. The molecule has 1 heterocycles. The molecule has 6 nitrogen and oxygen atoms in total. The quantitative estimate of drug-likeness (QED) is 0.842. The Bertz CT molecular complexity index is 550. The number of imide groups is 1. The van der Waals surface area contributed by atoms with Crippen molar-refractivity contribution >= 4 is 27.9 Å². The Hall–Kier alpha value is -1.60. The van der Waals surface area contributed by atoms with Crippen LogP contribution < -0.4 is 15.4 Å². The Balaban J connectivity index is 1.92. The molecule has 3 amide bonds. The molecule has 7 heteroatoms. The van der Waals surface area contributed by atoms with Gasteiger partial charge in [-0.1, -0.05) is 6.07 Å². The molecule has 0 saturated carbocycles. The average Bonchev–Trinajstić information content (AvgIpc) is 2.90. The zero-order chi connectivity index (χ0) is 15.4. The van der Waals surface area contributed by atoms with Gasteiger partial charge in [-0.25, -0.2) is 4.79 Å². The standard InChI is InChI=1S/C14H18BrN3O3/c1-9(10-3-4-12(21-2)11(15)7-10)17-8-13(19)18-6-5-16-14(18)20/h3-4,7,9,17H,5-6,8H2,1-2H3,(H,16,20)/t9-/m0/s1. The van der Waals surface area contributed by atoms with Crippen molar-refractivity contribution in [1.82, 2.24) is 15.5 Å². The maximum absolute atomic E-state index is 11.9. The molecule has 0 aliphatic carbocycles. The second-order valence-corrected chi connectivity index (χ2v) is 5.63. The highest BCUT2D eigenvalue weighted by Gasteiger charge is 2.25. The van der Waals surface area contributed by atoms with Crippen LogP contribution in [0.3, 0.4) is 0 Å². The third-order valence-electron chi connectivity index (χ3n) is 3.39. The van der Waals surface area contributed by atoms with Gasteiger partial charge in [0.2, 0.25) is 5.91 Å². The number of nitrogens with zero attached hydrogens (tertiary/aromatic N) is 1. The summed E-state index contributed by atoms with van der Waals surface area (Å²) in [5.41, 5.74) is 1.03. The molecular formula is C14H18BrN3O3. The molecule has 21 heavy (non-hydrogen) atoms. The molecule has 1 aliphatic heterocycles. The molecule has 1 atom stereocenters. The van der Waals surface area contributed by atoms with Gasteiger partial charge >= 0.3 is 6.03 Å². The van der Waals surface area contributed by atoms with Crippen LogP contribution in [0.4, 0.5) is 4.79 Å². The number of methoxy groups -OCH3 is 1. The van der Waals surface area contributed by atoms with Gasteiger partial charge in [0.1, 0.15) is 5.75 Å². The fourth-order valence-electron chi connectivity index (χ4n) is 2.12. The van der Waals surface area contributed by atoms with Crippen LogP contribution in [-0.2, 0) is 4.79 Å². The molecule has 2 rings (SSSR count). The number of carbonyl (C=O) groups is 2. The van der Waals surface area contributed by atoms with Gasteiger partial charge in [-0.2, -0.15) is 0 Å². The van der Waals surface area contributed by atoms with Gasteiger partial charge in [0.15, 0.2) is 0 Å². The van der Waals surface area contributed by atoms with Gasteiger partial charge in [-0.3, -0.25) is 9.69 Å². The number of carbonyl (C=O) groups excluding carboxylic acids is 2. The van der Waals surface area contributed by atoms with Crippen LogP contribution in [0.2, 0.25) is 0 Å². The number of ether oxygens (including phenoxy) is 1. The average molecular weight is 356 g/mol.